The number of nitrogens with one attached hydrogen (secondary N) is 2. The maximum Gasteiger partial charge on any atom is 0.0221 e. The Kier molecular flexibility index (Phi) is 2.85. The molecule has 2 saturated heterocycles. The van der Waals surface area contributed by atoms with Crippen molar-refractivity contribution in [2.75, 3.05) is 19.6 Å². The van der Waals surface area contributed by atoms with E-state index in [0.717, 1.165) is 17.9 Å². The van der Waals surface area contributed by atoms with Gasteiger partial charge < -0.3 is 10.6 Å². The third kappa shape index (κ3) is 1.82. The van der Waals surface area contributed by atoms with Crippen LogP contribution in [0.1, 0.15) is 33.6 Å². The average molecular weight is 196 g/mol. The standard InChI is InChI=1S/C12H24N2/c1-9(2)12(3)6-10-4-5-13-7-11(10)14-8-12/h9-11,13-14H,4-8H2,1-3H3. The summed E-state index contributed by atoms with van der Waals surface area (Å²) in [6.07, 6.45) is 2.78. The smallest absolute Gasteiger partial charge is 0.0221 e. The molecule has 2 rings (SSSR count). The average Bonchev–Trinajstić information content (AvgIpc) is 2.17. The van der Waals surface area contributed by atoms with Gasteiger partial charge in [-0.25, -0.2) is 0 Å². The molecule has 2 aliphatic rings. The second kappa shape index (κ2) is 3.82. The molecule has 0 aromatic rings. The Morgan fingerprint density at radius 2 is 2.14 bits per heavy atom. The molecule has 0 amide bonds. The van der Waals surface area contributed by atoms with E-state index in [-0.39, 0.29) is 0 Å². The summed E-state index contributed by atoms with van der Waals surface area (Å²) in [5, 5.41) is 7.21. The van der Waals surface area contributed by atoms with Crippen LogP contribution >= 0.6 is 0 Å². The first-order valence-electron chi connectivity index (χ1n) is 6.06. The van der Waals surface area contributed by atoms with Gasteiger partial charge in [-0.3, -0.25) is 0 Å². The van der Waals surface area contributed by atoms with Crippen LogP contribution < -0.4 is 10.6 Å². The third-order valence-electron chi connectivity index (χ3n) is 4.52. The van der Waals surface area contributed by atoms with E-state index in [9.17, 15) is 0 Å². The van der Waals surface area contributed by atoms with E-state index in [1.54, 1.807) is 0 Å². The Morgan fingerprint density at radius 1 is 1.36 bits per heavy atom. The highest BCUT2D eigenvalue weighted by molar-refractivity contribution is 4.95. The summed E-state index contributed by atoms with van der Waals surface area (Å²) in [6.45, 7) is 10.8. The summed E-state index contributed by atoms with van der Waals surface area (Å²) in [5.74, 6) is 1.71. The summed E-state index contributed by atoms with van der Waals surface area (Å²) in [6, 6.07) is 0.746. The number of hydrogen-bond donors (Lipinski definition) is 2. The van der Waals surface area contributed by atoms with Crippen molar-refractivity contribution in [1.82, 2.24) is 10.6 Å². The quantitative estimate of drug-likeness (QED) is 0.666. The van der Waals surface area contributed by atoms with E-state index in [1.807, 2.05) is 0 Å². The zero-order valence-electron chi connectivity index (χ0n) is 9.77. The van der Waals surface area contributed by atoms with Crippen molar-refractivity contribution in [2.24, 2.45) is 17.3 Å². The molecule has 14 heavy (non-hydrogen) atoms. The predicted molar refractivity (Wildman–Crippen MR) is 60.3 cm³/mol. The Labute approximate surface area is 87.8 Å². The topological polar surface area (TPSA) is 24.1 Å². The van der Waals surface area contributed by atoms with Gasteiger partial charge in [-0.1, -0.05) is 20.8 Å². The van der Waals surface area contributed by atoms with Gasteiger partial charge in [0.15, 0.2) is 0 Å². The number of rotatable bonds is 1. The van der Waals surface area contributed by atoms with Crippen LogP contribution in [0.3, 0.4) is 0 Å². The first-order valence-corrected chi connectivity index (χ1v) is 6.06. The molecule has 0 aliphatic carbocycles. The molecular weight excluding hydrogens is 172 g/mol. The minimum atomic E-state index is 0.526. The molecule has 0 aromatic heterocycles. The molecule has 0 spiro atoms. The van der Waals surface area contributed by atoms with Crippen molar-refractivity contribution < 1.29 is 0 Å². The van der Waals surface area contributed by atoms with Crippen LogP contribution in [0.2, 0.25) is 0 Å². The predicted octanol–water partition coefficient (Wildman–Crippen LogP) is 1.62. The van der Waals surface area contributed by atoms with Crippen LogP contribution in [-0.2, 0) is 0 Å². The van der Waals surface area contributed by atoms with Gasteiger partial charge in [0, 0.05) is 19.1 Å². The Hall–Kier alpha value is -0.0800. The van der Waals surface area contributed by atoms with E-state index in [1.165, 1.54) is 32.5 Å². The molecular formula is C12H24N2. The fourth-order valence-corrected chi connectivity index (χ4v) is 2.87. The highest BCUT2D eigenvalue weighted by Gasteiger charge is 2.39. The van der Waals surface area contributed by atoms with Crippen molar-refractivity contribution in [3.05, 3.63) is 0 Å². The normalized spacial score (nSPS) is 43.7. The molecule has 2 aliphatic heterocycles. The largest absolute Gasteiger partial charge is 0.315 e. The highest BCUT2D eigenvalue weighted by Crippen LogP contribution is 2.39. The minimum Gasteiger partial charge on any atom is -0.315 e. The summed E-state index contributed by atoms with van der Waals surface area (Å²) in [7, 11) is 0. The van der Waals surface area contributed by atoms with Crippen LogP contribution in [0.15, 0.2) is 0 Å². The number of hydrogen-bond acceptors (Lipinski definition) is 2. The summed E-state index contributed by atoms with van der Waals surface area (Å²) >= 11 is 0. The third-order valence-corrected chi connectivity index (χ3v) is 4.52. The first kappa shape index (κ1) is 10.4. The van der Waals surface area contributed by atoms with E-state index in [2.05, 4.69) is 31.4 Å². The van der Waals surface area contributed by atoms with Gasteiger partial charge in [0.1, 0.15) is 0 Å². The van der Waals surface area contributed by atoms with Crippen LogP contribution in [0.25, 0.3) is 0 Å². The fraction of sp³-hybridized carbons (Fsp3) is 1.00. The maximum atomic E-state index is 3.73. The van der Waals surface area contributed by atoms with Gasteiger partial charge in [0.25, 0.3) is 0 Å². The lowest BCUT2D eigenvalue weighted by Gasteiger charge is -2.47. The van der Waals surface area contributed by atoms with Gasteiger partial charge in [-0.15, -0.1) is 0 Å². The molecule has 0 aromatic carbocycles. The zero-order valence-corrected chi connectivity index (χ0v) is 9.77. The van der Waals surface area contributed by atoms with Gasteiger partial charge in [0.2, 0.25) is 0 Å². The van der Waals surface area contributed by atoms with Crippen LogP contribution in [0.4, 0.5) is 0 Å². The van der Waals surface area contributed by atoms with Crippen molar-refractivity contribution in [1.29, 1.82) is 0 Å². The first-order chi connectivity index (χ1) is 6.62. The second-order valence-electron chi connectivity index (χ2n) is 5.75. The van der Waals surface area contributed by atoms with E-state index < -0.39 is 0 Å². The molecule has 0 radical (unpaired) electrons. The number of fused-ring (bicyclic) bond motifs is 1. The van der Waals surface area contributed by atoms with Crippen molar-refractivity contribution in [3.8, 4) is 0 Å². The van der Waals surface area contributed by atoms with Crippen molar-refractivity contribution >= 4 is 0 Å². The van der Waals surface area contributed by atoms with E-state index in [0.29, 0.717) is 5.41 Å². The second-order valence-corrected chi connectivity index (χ2v) is 5.75. The minimum absolute atomic E-state index is 0.526. The molecule has 2 heterocycles. The Bertz CT molecular complexity index is 202. The fourth-order valence-electron chi connectivity index (χ4n) is 2.87. The summed E-state index contributed by atoms with van der Waals surface area (Å²) < 4.78 is 0. The molecule has 0 saturated carbocycles. The molecule has 0 bridgehead atoms. The molecule has 3 unspecified atom stereocenters. The van der Waals surface area contributed by atoms with Gasteiger partial charge in [0.05, 0.1) is 0 Å². The summed E-state index contributed by atoms with van der Waals surface area (Å²) in [5.41, 5.74) is 0.526. The molecule has 2 nitrogen and oxygen atoms in total. The Morgan fingerprint density at radius 3 is 2.86 bits per heavy atom. The number of piperidine rings is 2. The van der Waals surface area contributed by atoms with Gasteiger partial charge in [-0.05, 0) is 36.6 Å². The highest BCUT2D eigenvalue weighted by atomic mass is 15.0. The van der Waals surface area contributed by atoms with Gasteiger partial charge >= 0.3 is 0 Å². The lowest BCUT2D eigenvalue weighted by Crippen LogP contribution is -2.58. The molecule has 82 valence electrons. The monoisotopic (exact) mass is 196 g/mol. The van der Waals surface area contributed by atoms with Crippen LogP contribution in [0, 0.1) is 17.3 Å². The van der Waals surface area contributed by atoms with Gasteiger partial charge in [-0.2, -0.15) is 0 Å². The Balaban J connectivity index is 2.02. The zero-order chi connectivity index (χ0) is 10.2. The van der Waals surface area contributed by atoms with Crippen LogP contribution in [-0.4, -0.2) is 25.7 Å². The van der Waals surface area contributed by atoms with Crippen molar-refractivity contribution in [2.45, 2.75) is 39.7 Å². The van der Waals surface area contributed by atoms with Crippen molar-refractivity contribution in [3.63, 3.8) is 0 Å². The molecule has 2 N–H and O–H groups in total. The maximum absolute atomic E-state index is 3.73. The van der Waals surface area contributed by atoms with E-state index >= 15 is 0 Å². The lowest BCUT2D eigenvalue weighted by atomic mass is 9.67. The lowest BCUT2D eigenvalue weighted by molar-refractivity contribution is 0.0722. The summed E-state index contributed by atoms with van der Waals surface area (Å²) in [4.78, 5) is 0. The molecule has 2 heteroatoms. The molecule has 3 atom stereocenters. The van der Waals surface area contributed by atoms with Crippen LogP contribution in [0.5, 0.6) is 0 Å². The van der Waals surface area contributed by atoms with E-state index in [4.69, 9.17) is 0 Å². The molecule has 2 fully saturated rings. The SMILES string of the molecule is CC(C)C1(C)CNC2CNCCC2C1.